The van der Waals surface area contributed by atoms with E-state index in [1.54, 1.807) is 12.1 Å². The number of halogens is 1. The molecule has 1 N–H and O–H groups in total. The van der Waals surface area contributed by atoms with Gasteiger partial charge in [-0.25, -0.2) is 0 Å². The van der Waals surface area contributed by atoms with Gasteiger partial charge in [0.1, 0.15) is 0 Å². The highest BCUT2D eigenvalue weighted by Crippen LogP contribution is 2.14. The molecule has 0 bridgehead atoms. The van der Waals surface area contributed by atoms with Gasteiger partial charge in [-0.2, -0.15) is 0 Å². The van der Waals surface area contributed by atoms with Crippen molar-refractivity contribution < 1.29 is 5.11 Å². The van der Waals surface area contributed by atoms with Crippen molar-refractivity contribution in [3.05, 3.63) is 41.4 Å². The molecule has 0 aliphatic rings. The Morgan fingerprint density at radius 2 is 1.91 bits per heavy atom. The first-order valence-electron chi connectivity index (χ1n) is 3.28. The van der Waals surface area contributed by atoms with Gasteiger partial charge in [0.2, 0.25) is 0 Å². The molecule has 0 radical (unpaired) electrons. The molecule has 0 aromatic heterocycles. The molecular formula is C9H9ClO. The van der Waals surface area contributed by atoms with Crippen molar-refractivity contribution in [3.63, 3.8) is 0 Å². The largest absolute Gasteiger partial charge is 0.392 e. The Morgan fingerprint density at radius 3 is 2.36 bits per heavy atom. The molecule has 0 spiro atoms. The van der Waals surface area contributed by atoms with Crippen LogP contribution in [0.5, 0.6) is 0 Å². The van der Waals surface area contributed by atoms with Crippen LogP contribution in [0.25, 0.3) is 5.57 Å². The summed E-state index contributed by atoms with van der Waals surface area (Å²) in [6.07, 6.45) is 0. The Labute approximate surface area is 70.9 Å². The molecule has 1 rings (SSSR count). The normalized spacial score (nSPS) is 9.64. The van der Waals surface area contributed by atoms with E-state index < -0.39 is 0 Å². The molecule has 1 aromatic carbocycles. The van der Waals surface area contributed by atoms with Gasteiger partial charge in [0.25, 0.3) is 0 Å². The summed E-state index contributed by atoms with van der Waals surface area (Å²) < 4.78 is 0. The van der Waals surface area contributed by atoms with Crippen molar-refractivity contribution in [2.75, 3.05) is 6.61 Å². The maximum atomic E-state index is 8.72. The van der Waals surface area contributed by atoms with Crippen LogP contribution in [0.4, 0.5) is 0 Å². The molecule has 0 amide bonds. The van der Waals surface area contributed by atoms with Gasteiger partial charge in [-0.15, -0.1) is 0 Å². The minimum atomic E-state index is -0.0123. The van der Waals surface area contributed by atoms with Gasteiger partial charge in [0.05, 0.1) is 6.61 Å². The Balaban J connectivity index is 2.90. The van der Waals surface area contributed by atoms with Crippen LogP contribution < -0.4 is 0 Å². The third kappa shape index (κ3) is 2.07. The number of hydrogen-bond acceptors (Lipinski definition) is 1. The molecule has 58 valence electrons. The van der Waals surface area contributed by atoms with E-state index in [-0.39, 0.29) is 6.61 Å². The van der Waals surface area contributed by atoms with Crippen molar-refractivity contribution in [1.29, 1.82) is 0 Å². The zero-order valence-corrected chi connectivity index (χ0v) is 6.80. The summed E-state index contributed by atoms with van der Waals surface area (Å²) in [5.41, 5.74) is 1.64. The highest BCUT2D eigenvalue weighted by molar-refractivity contribution is 6.30. The van der Waals surface area contributed by atoms with Crippen LogP contribution >= 0.6 is 11.6 Å². The summed E-state index contributed by atoms with van der Waals surface area (Å²) in [5, 5.41) is 9.42. The third-order valence-corrected chi connectivity index (χ3v) is 1.70. The van der Waals surface area contributed by atoms with E-state index in [0.29, 0.717) is 10.6 Å². The average molecular weight is 169 g/mol. The highest BCUT2D eigenvalue weighted by Gasteiger charge is 1.95. The quantitative estimate of drug-likeness (QED) is 0.719. The maximum Gasteiger partial charge on any atom is 0.0681 e. The van der Waals surface area contributed by atoms with E-state index in [9.17, 15) is 0 Å². The zero-order valence-electron chi connectivity index (χ0n) is 6.05. The van der Waals surface area contributed by atoms with Crippen LogP contribution in [-0.4, -0.2) is 11.7 Å². The molecule has 0 atom stereocenters. The lowest BCUT2D eigenvalue weighted by atomic mass is 10.1. The topological polar surface area (TPSA) is 20.2 Å². The summed E-state index contributed by atoms with van der Waals surface area (Å²) in [6, 6.07) is 7.22. The number of benzene rings is 1. The highest BCUT2D eigenvalue weighted by atomic mass is 35.5. The first kappa shape index (κ1) is 8.31. The van der Waals surface area contributed by atoms with Gasteiger partial charge in [-0.1, -0.05) is 30.3 Å². The molecule has 0 fully saturated rings. The predicted molar refractivity (Wildman–Crippen MR) is 47.6 cm³/mol. The molecule has 0 heterocycles. The Hall–Kier alpha value is -0.790. The molecule has 1 nitrogen and oxygen atoms in total. The molecule has 2 heteroatoms. The van der Waals surface area contributed by atoms with Crippen LogP contribution in [0.2, 0.25) is 5.02 Å². The molecule has 1 aromatic rings. The predicted octanol–water partition coefficient (Wildman–Crippen LogP) is 2.35. The fraction of sp³-hybridized carbons (Fsp3) is 0.111. The van der Waals surface area contributed by atoms with E-state index >= 15 is 0 Å². The van der Waals surface area contributed by atoms with E-state index in [1.165, 1.54) is 0 Å². The van der Waals surface area contributed by atoms with Crippen LogP contribution in [-0.2, 0) is 0 Å². The number of hydrogen-bond donors (Lipinski definition) is 1. The monoisotopic (exact) mass is 168 g/mol. The fourth-order valence-electron chi connectivity index (χ4n) is 0.777. The van der Waals surface area contributed by atoms with Crippen LogP contribution in [0.1, 0.15) is 5.56 Å². The number of aliphatic hydroxyl groups is 1. The zero-order chi connectivity index (χ0) is 8.27. The lowest BCUT2D eigenvalue weighted by Gasteiger charge is -2.00. The Kier molecular flexibility index (Phi) is 2.69. The molecule has 0 saturated heterocycles. The van der Waals surface area contributed by atoms with E-state index in [0.717, 1.165) is 5.56 Å². The number of rotatable bonds is 2. The van der Waals surface area contributed by atoms with Crippen LogP contribution in [0, 0.1) is 0 Å². The third-order valence-electron chi connectivity index (χ3n) is 1.44. The second-order valence-corrected chi connectivity index (χ2v) is 2.70. The van der Waals surface area contributed by atoms with Crippen molar-refractivity contribution in [2.24, 2.45) is 0 Å². The van der Waals surface area contributed by atoms with E-state index in [4.69, 9.17) is 16.7 Å². The molecule has 0 aliphatic carbocycles. The van der Waals surface area contributed by atoms with Crippen molar-refractivity contribution in [3.8, 4) is 0 Å². The van der Waals surface area contributed by atoms with E-state index in [1.807, 2.05) is 12.1 Å². The summed E-state index contributed by atoms with van der Waals surface area (Å²) in [6.45, 7) is 3.67. The van der Waals surface area contributed by atoms with E-state index in [2.05, 4.69) is 6.58 Å². The first-order chi connectivity index (χ1) is 5.24. The maximum absolute atomic E-state index is 8.72. The first-order valence-corrected chi connectivity index (χ1v) is 3.66. The van der Waals surface area contributed by atoms with Gasteiger partial charge < -0.3 is 5.11 Å². The van der Waals surface area contributed by atoms with Crippen molar-refractivity contribution >= 4 is 17.2 Å². The Morgan fingerprint density at radius 1 is 1.36 bits per heavy atom. The summed E-state index contributed by atoms with van der Waals surface area (Å²) >= 11 is 5.67. The molecule has 0 unspecified atom stereocenters. The fourth-order valence-corrected chi connectivity index (χ4v) is 0.903. The second-order valence-electron chi connectivity index (χ2n) is 2.27. The summed E-state index contributed by atoms with van der Waals surface area (Å²) in [4.78, 5) is 0. The van der Waals surface area contributed by atoms with Crippen LogP contribution in [0.15, 0.2) is 30.8 Å². The van der Waals surface area contributed by atoms with Crippen molar-refractivity contribution in [2.45, 2.75) is 0 Å². The van der Waals surface area contributed by atoms with Gasteiger partial charge in [0, 0.05) is 5.02 Å². The summed E-state index contributed by atoms with van der Waals surface area (Å²) in [7, 11) is 0. The molecule has 0 aliphatic heterocycles. The SMILES string of the molecule is C=C(CO)c1ccc(Cl)cc1. The summed E-state index contributed by atoms with van der Waals surface area (Å²) in [5.74, 6) is 0. The van der Waals surface area contributed by atoms with Crippen LogP contribution in [0.3, 0.4) is 0 Å². The van der Waals surface area contributed by atoms with Gasteiger partial charge in [0.15, 0.2) is 0 Å². The lowest BCUT2D eigenvalue weighted by Crippen LogP contribution is -1.86. The molecular weight excluding hydrogens is 160 g/mol. The lowest BCUT2D eigenvalue weighted by molar-refractivity contribution is 0.350. The minimum absolute atomic E-state index is 0.0123. The van der Waals surface area contributed by atoms with Gasteiger partial charge >= 0.3 is 0 Å². The standard InChI is InChI=1S/C9H9ClO/c1-7(6-11)8-2-4-9(10)5-3-8/h2-5,11H,1,6H2. The Bertz CT molecular complexity index is 251. The second kappa shape index (κ2) is 3.56. The number of aliphatic hydroxyl groups excluding tert-OH is 1. The van der Waals surface area contributed by atoms with Gasteiger partial charge in [-0.3, -0.25) is 0 Å². The van der Waals surface area contributed by atoms with Crippen molar-refractivity contribution in [1.82, 2.24) is 0 Å². The molecule has 0 saturated carbocycles. The smallest absolute Gasteiger partial charge is 0.0681 e. The average Bonchev–Trinajstić information content (AvgIpc) is 2.05. The van der Waals surface area contributed by atoms with Gasteiger partial charge in [-0.05, 0) is 23.3 Å². The minimum Gasteiger partial charge on any atom is -0.392 e. The molecule has 11 heavy (non-hydrogen) atoms.